The fourth-order valence-electron chi connectivity index (χ4n) is 1.12. The van der Waals surface area contributed by atoms with Gasteiger partial charge in [0, 0.05) is 18.0 Å². The zero-order valence-electron chi connectivity index (χ0n) is 8.39. The summed E-state index contributed by atoms with van der Waals surface area (Å²) >= 11 is 11.3. The number of nitrogens with one attached hydrogen (secondary N) is 1. The molecule has 0 spiro atoms. The number of nitrogens with zero attached hydrogens (tertiary/aromatic N) is 3. The fraction of sp³-hybridized carbons (Fsp3) is 0. The van der Waals surface area contributed by atoms with Crippen molar-refractivity contribution in [3.8, 4) is 0 Å². The Morgan fingerprint density at radius 3 is 2.59 bits per heavy atom. The molecule has 0 aromatic carbocycles. The van der Waals surface area contributed by atoms with E-state index in [9.17, 15) is 4.79 Å². The Balaban J connectivity index is 2.19. The standard InChI is InChI=1S/C10H6Cl2N4O/c11-8-7(5-14-10(12)16-8)15-9(17)6-1-3-13-4-2-6/h1-5H,(H,15,17). The molecular weight excluding hydrogens is 263 g/mol. The molecule has 0 aliphatic carbocycles. The van der Waals surface area contributed by atoms with Crippen molar-refractivity contribution >= 4 is 34.8 Å². The van der Waals surface area contributed by atoms with Gasteiger partial charge < -0.3 is 5.32 Å². The Hall–Kier alpha value is -1.72. The molecule has 2 aromatic rings. The minimum Gasteiger partial charge on any atom is -0.318 e. The van der Waals surface area contributed by atoms with Crippen molar-refractivity contribution in [3.63, 3.8) is 0 Å². The number of aromatic nitrogens is 3. The van der Waals surface area contributed by atoms with Gasteiger partial charge in [0.15, 0.2) is 5.15 Å². The van der Waals surface area contributed by atoms with Crippen LogP contribution in [0.15, 0.2) is 30.7 Å². The molecule has 7 heteroatoms. The van der Waals surface area contributed by atoms with Gasteiger partial charge in [0.1, 0.15) is 0 Å². The van der Waals surface area contributed by atoms with Gasteiger partial charge >= 0.3 is 0 Å². The van der Waals surface area contributed by atoms with Gasteiger partial charge in [0.05, 0.1) is 11.9 Å². The SMILES string of the molecule is O=C(Nc1cnc(Cl)nc1Cl)c1ccncc1. The molecule has 0 saturated heterocycles. The van der Waals surface area contributed by atoms with Crippen molar-refractivity contribution < 1.29 is 4.79 Å². The number of amides is 1. The van der Waals surface area contributed by atoms with Crippen molar-refractivity contribution in [2.24, 2.45) is 0 Å². The predicted molar refractivity (Wildman–Crippen MR) is 64.2 cm³/mol. The molecule has 2 aromatic heterocycles. The van der Waals surface area contributed by atoms with Crippen LogP contribution in [0.4, 0.5) is 5.69 Å². The van der Waals surface area contributed by atoms with Gasteiger partial charge in [-0.05, 0) is 23.7 Å². The largest absolute Gasteiger partial charge is 0.318 e. The number of pyridine rings is 1. The van der Waals surface area contributed by atoms with Gasteiger partial charge in [-0.3, -0.25) is 9.78 Å². The van der Waals surface area contributed by atoms with Gasteiger partial charge in [-0.1, -0.05) is 11.6 Å². The summed E-state index contributed by atoms with van der Waals surface area (Å²) < 4.78 is 0. The number of carbonyl (C=O) groups is 1. The van der Waals surface area contributed by atoms with Crippen LogP contribution in [0.3, 0.4) is 0 Å². The van der Waals surface area contributed by atoms with Gasteiger partial charge in [-0.25, -0.2) is 9.97 Å². The normalized spacial score (nSPS) is 10.0. The summed E-state index contributed by atoms with van der Waals surface area (Å²) in [6, 6.07) is 3.17. The highest BCUT2D eigenvalue weighted by molar-refractivity contribution is 6.34. The highest BCUT2D eigenvalue weighted by Gasteiger charge is 2.09. The van der Waals surface area contributed by atoms with Crippen molar-refractivity contribution in [3.05, 3.63) is 46.7 Å². The summed E-state index contributed by atoms with van der Waals surface area (Å²) in [6.07, 6.45) is 4.39. The number of hydrogen-bond donors (Lipinski definition) is 1. The van der Waals surface area contributed by atoms with E-state index in [1.807, 2.05) is 0 Å². The van der Waals surface area contributed by atoms with Crippen LogP contribution in [0.1, 0.15) is 10.4 Å². The number of rotatable bonds is 2. The summed E-state index contributed by atoms with van der Waals surface area (Å²) in [6.45, 7) is 0. The Morgan fingerprint density at radius 2 is 1.94 bits per heavy atom. The van der Waals surface area contributed by atoms with E-state index in [-0.39, 0.29) is 16.3 Å². The molecule has 1 N–H and O–H groups in total. The molecular formula is C10H6Cl2N4O. The van der Waals surface area contributed by atoms with E-state index in [1.54, 1.807) is 12.1 Å². The van der Waals surface area contributed by atoms with Crippen LogP contribution in [0.5, 0.6) is 0 Å². The number of anilines is 1. The molecule has 0 aliphatic rings. The topological polar surface area (TPSA) is 67.8 Å². The summed E-state index contributed by atoms with van der Waals surface area (Å²) in [7, 11) is 0. The summed E-state index contributed by atoms with van der Waals surface area (Å²) in [5.74, 6) is -0.319. The first-order valence-corrected chi connectivity index (χ1v) is 5.32. The third kappa shape index (κ3) is 2.89. The lowest BCUT2D eigenvalue weighted by Gasteiger charge is -2.05. The maximum atomic E-state index is 11.8. The smallest absolute Gasteiger partial charge is 0.255 e. The van der Waals surface area contributed by atoms with Crippen LogP contribution >= 0.6 is 23.2 Å². The quantitative estimate of drug-likeness (QED) is 0.671. The molecule has 0 atom stereocenters. The second kappa shape index (κ2) is 5.07. The van der Waals surface area contributed by atoms with Gasteiger partial charge in [-0.15, -0.1) is 0 Å². The van der Waals surface area contributed by atoms with Crippen molar-refractivity contribution in [1.82, 2.24) is 15.0 Å². The van der Waals surface area contributed by atoms with Crippen LogP contribution < -0.4 is 5.32 Å². The van der Waals surface area contributed by atoms with E-state index >= 15 is 0 Å². The summed E-state index contributed by atoms with van der Waals surface area (Å²) in [5.41, 5.74) is 0.767. The number of halogens is 2. The monoisotopic (exact) mass is 268 g/mol. The first-order chi connectivity index (χ1) is 8.16. The van der Waals surface area contributed by atoms with Gasteiger partial charge in [0.25, 0.3) is 5.91 Å². The molecule has 2 rings (SSSR count). The molecule has 0 bridgehead atoms. The molecule has 0 aliphatic heterocycles. The van der Waals surface area contributed by atoms with Crippen molar-refractivity contribution in [2.75, 3.05) is 5.32 Å². The first-order valence-electron chi connectivity index (χ1n) is 4.56. The molecule has 0 unspecified atom stereocenters. The molecule has 0 radical (unpaired) electrons. The van der Waals surface area contributed by atoms with Crippen LogP contribution in [-0.4, -0.2) is 20.9 Å². The highest BCUT2D eigenvalue weighted by atomic mass is 35.5. The lowest BCUT2D eigenvalue weighted by molar-refractivity contribution is 0.102. The summed E-state index contributed by atoms with van der Waals surface area (Å²) in [4.78, 5) is 23.0. The third-order valence-electron chi connectivity index (χ3n) is 1.90. The Kier molecular flexibility index (Phi) is 3.51. The molecule has 86 valence electrons. The Morgan fingerprint density at radius 1 is 1.24 bits per heavy atom. The average Bonchev–Trinajstić information content (AvgIpc) is 2.34. The zero-order chi connectivity index (χ0) is 12.3. The van der Waals surface area contributed by atoms with E-state index in [2.05, 4.69) is 20.3 Å². The minimum atomic E-state index is -0.319. The second-order valence-corrected chi connectivity index (χ2v) is 3.73. The predicted octanol–water partition coefficient (Wildman–Crippen LogP) is 2.43. The van der Waals surface area contributed by atoms with Gasteiger partial charge in [-0.2, -0.15) is 0 Å². The van der Waals surface area contributed by atoms with Crippen molar-refractivity contribution in [1.29, 1.82) is 0 Å². The number of carbonyl (C=O) groups excluding carboxylic acids is 1. The zero-order valence-corrected chi connectivity index (χ0v) is 9.90. The number of hydrogen-bond acceptors (Lipinski definition) is 4. The average molecular weight is 269 g/mol. The lowest BCUT2D eigenvalue weighted by atomic mass is 10.2. The highest BCUT2D eigenvalue weighted by Crippen LogP contribution is 2.19. The molecule has 0 saturated carbocycles. The molecule has 17 heavy (non-hydrogen) atoms. The Bertz CT molecular complexity index is 547. The molecule has 1 amide bonds. The summed E-state index contributed by atoms with van der Waals surface area (Å²) in [5, 5.41) is 2.69. The van der Waals surface area contributed by atoms with Crippen LogP contribution in [0, 0.1) is 0 Å². The maximum Gasteiger partial charge on any atom is 0.255 e. The third-order valence-corrected chi connectivity index (χ3v) is 2.37. The molecule has 0 fully saturated rings. The van der Waals surface area contributed by atoms with Gasteiger partial charge in [0.2, 0.25) is 5.28 Å². The second-order valence-electron chi connectivity index (χ2n) is 3.03. The van der Waals surface area contributed by atoms with E-state index in [0.717, 1.165) is 0 Å². The van der Waals surface area contributed by atoms with Crippen LogP contribution in [0.2, 0.25) is 10.4 Å². The lowest BCUT2D eigenvalue weighted by Crippen LogP contribution is -2.12. The van der Waals surface area contributed by atoms with Crippen LogP contribution in [-0.2, 0) is 0 Å². The minimum absolute atomic E-state index is 0.0249. The molecule has 2 heterocycles. The maximum absolute atomic E-state index is 11.8. The fourth-order valence-corrected chi connectivity index (χ4v) is 1.48. The first kappa shape index (κ1) is 11.8. The van der Waals surface area contributed by atoms with E-state index in [4.69, 9.17) is 23.2 Å². The Labute approximate surface area is 107 Å². The van der Waals surface area contributed by atoms with Crippen molar-refractivity contribution in [2.45, 2.75) is 0 Å². The van der Waals surface area contributed by atoms with E-state index in [1.165, 1.54) is 18.6 Å². The van der Waals surface area contributed by atoms with Crippen LogP contribution in [0.25, 0.3) is 0 Å². The molecule has 5 nitrogen and oxygen atoms in total. The van der Waals surface area contributed by atoms with E-state index in [0.29, 0.717) is 11.3 Å². The van der Waals surface area contributed by atoms with E-state index < -0.39 is 0 Å².